The molecule has 0 spiro atoms. The molecule has 1 rings (SSSR count). The van der Waals surface area contributed by atoms with E-state index in [4.69, 9.17) is 6.57 Å². The third-order valence-electron chi connectivity index (χ3n) is 1.72. The highest BCUT2D eigenvalue weighted by atomic mass is 16.5. The minimum absolute atomic E-state index is 0.171. The number of Topliss-reactive ketones (excluding diaryl/α,β-unsaturated/α-hetero) is 1. The maximum absolute atomic E-state index is 11.4. The zero-order valence-corrected chi connectivity index (χ0v) is 8.19. The number of rotatable bonds is 3. The largest absolute Gasteiger partial charge is 0.460 e. The first kappa shape index (κ1) is 10.9. The van der Waals surface area contributed by atoms with Crippen LogP contribution in [-0.2, 0) is 9.53 Å². The summed E-state index contributed by atoms with van der Waals surface area (Å²) in [6, 6.07) is 5.85. The van der Waals surface area contributed by atoms with E-state index >= 15 is 0 Å². The molecule has 0 fully saturated rings. The number of ether oxygens (including phenoxy) is 1. The predicted molar refractivity (Wildman–Crippen MR) is 53.7 cm³/mol. The van der Waals surface area contributed by atoms with Gasteiger partial charge in [-0.25, -0.2) is 9.64 Å². The maximum Gasteiger partial charge on any atom is 0.379 e. The van der Waals surface area contributed by atoms with E-state index in [-0.39, 0.29) is 12.2 Å². The first-order chi connectivity index (χ1) is 7.19. The maximum atomic E-state index is 11.4. The summed E-state index contributed by atoms with van der Waals surface area (Å²) in [4.78, 5) is 25.6. The Hall–Kier alpha value is -2.15. The van der Waals surface area contributed by atoms with Gasteiger partial charge in [0.15, 0.2) is 5.69 Å². The van der Waals surface area contributed by atoms with E-state index in [9.17, 15) is 9.59 Å². The molecular weight excluding hydrogens is 194 g/mol. The molecule has 1 aromatic carbocycles. The van der Waals surface area contributed by atoms with E-state index in [2.05, 4.69) is 9.58 Å². The number of ketones is 1. The molecule has 0 amide bonds. The van der Waals surface area contributed by atoms with Gasteiger partial charge in [0, 0.05) is 5.56 Å². The highest BCUT2D eigenvalue weighted by Crippen LogP contribution is 2.13. The Balaban J connectivity index is 2.84. The molecule has 1 aromatic rings. The van der Waals surface area contributed by atoms with Crippen molar-refractivity contribution in [3.05, 3.63) is 41.2 Å². The van der Waals surface area contributed by atoms with Crippen LogP contribution in [0.5, 0.6) is 0 Å². The fourth-order valence-corrected chi connectivity index (χ4v) is 1.00. The molecule has 0 aliphatic rings. The summed E-state index contributed by atoms with van der Waals surface area (Å²) < 4.78 is 4.57. The molecule has 0 aliphatic heterocycles. The SMILES string of the molecule is [C-]#[N+]c1ccc(C(=O)C(=O)OCC)cc1. The summed E-state index contributed by atoms with van der Waals surface area (Å²) in [5.74, 6) is -1.55. The van der Waals surface area contributed by atoms with Crippen LogP contribution in [0.3, 0.4) is 0 Å². The molecular formula is C11H9NO3. The molecule has 76 valence electrons. The number of benzene rings is 1. The third-order valence-corrected chi connectivity index (χ3v) is 1.72. The van der Waals surface area contributed by atoms with Crippen molar-refractivity contribution in [1.29, 1.82) is 0 Å². The molecule has 4 nitrogen and oxygen atoms in total. The summed E-state index contributed by atoms with van der Waals surface area (Å²) in [6.45, 7) is 8.52. The van der Waals surface area contributed by atoms with Gasteiger partial charge < -0.3 is 4.74 Å². The average Bonchev–Trinajstić information content (AvgIpc) is 2.28. The monoisotopic (exact) mass is 203 g/mol. The Kier molecular flexibility index (Phi) is 3.58. The minimum Gasteiger partial charge on any atom is -0.460 e. The molecule has 0 heterocycles. The van der Waals surface area contributed by atoms with E-state index in [1.165, 1.54) is 24.3 Å². The van der Waals surface area contributed by atoms with Crippen molar-refractivity contribution in [3.63, 3.8) is 0 Å². The van der Waals surface area contributed by atoms with Crippen molar-refractivity contribution in [3.8, 4) is 0 Å². The number of nitrogens with zero attached hydrogens (tertiary/aromatic N) is 1. The Labute approximate surface area is 87.3 Å². The van der Waals surface area contributed by atoms with E-state index in [0.29, 0.717) is 5.69 Å². The lowest BCUT2D eigenvalue weighted by atomic mass is 10.1. The Bertz CT molecular complexity index is 414. The average molecular weight is 203 g/mol. The first-order valence-electron chi connectivity index (χ1n) is 4.38. The molecule has 0 aliphatic carbocycles. The molecule has 4 heteroatoms. The fraction of sp³-hybridized carbons (Fsp3) is 0.182. The van der Waals surface area contributed by atoms with E-state index in [1.807, 2.05) is 0 Å². The summed E-state index contributed by atoms with van der Waals surface area (Å²) in [6.07, 6.45) is 0. The Morgan fingerprint density at radius 2 is 1.93 bits per heavy atom. The van der Waals surface area contributed by atoms with Crippen LogP contribution in [0.2, 0.25) is 0 Å². The lowest BCUT2D eigenvalue weighted by Crippen LogP contribution is -2.17. The van der Waals surface area contributed by atoms with Gasteiger partial charge in [0.05, 0.1) is 13.2 Å². The summed E-state index contributed by atoms with van der Waals surface area (Å²) in [5.41, 5.74) is 0.663. The van der Waals surface area contributed by atoms with Crippen LogP contribution in [-0.4, -0.2) is 18.4 Å². The van der Waals surface area contributed by atoms with Crippen LogP contribution in [0.1, 0.15) is 17.3 Å². The zero-order chi connectivity index (χ0) is 11.3. The van der Waals surface area contributed by atoms with Crippen molar-refractivity contribution in [2.45, 2.75) is 6.92 Å². The number of hydrogen-bond donors (Lipinski definition) is 0. The molecule has 0 atom stereocenters. The molecule has 0 saturated carbocycles. The normalized spacial score (nSPS) is 9.07. The number of hydrogen-bond acceptors (Lipinski definition) is 3. The molecule has 0 N–H and O–H groups in total. The fourth-order valence-electron chi connectivity index (χ4n) is 1.00. The quantitative estimate of drug-likeness (QED) is 0.326. The highest BCUT2D eigenvalue weighted by molar-refractivity contribution is 6.40. The van der Waals surface area contributed by atoms with Gasteiger partial charge in [-0.15, -0.1) is 0 Å². The van der Waals surface area contributed by atoms with Crippen molar-refractivity contribution in [2.75, 3.05) is 6.61 Å². The molecule has 15 heavy (non-hydrogen) atoms. The van der Waals surface area contributed by atoms with Gasteiger partial charge in [-0.2, -0.15) is 0 Å². The molecule has 0 bridgehead atoms. The number of carbonyl (C=O) groups excluding carboxylic acids is 2. The smallest absolute Gasteiger partial charge is 0.379 e. The lowest BCUT2D eigenvalue weighted by molar-refractivity contribution is -0.137. The van der Waals surface area contributed by atoms with Gasteiger partial charge >= 0.3 is 5.97 Å². The van der Waals surface area contributed by atoms with Gasteiger partial charge in [0.25, 0.3) is 5.78 Å². The summed E-state index contributed by atoms with van der Waals surface area (Å²) in [5, 5.41) is 0. The van der Waals surface area contributed by atoms with Crippen LogP contribution in [0.4, 0.5) is 5.69 Å². The minimum atomic E-state index is -0.868. The van der Waals surface area contributed by atoms with Gasteiger partial charge in [0.1, 0.15) is 0 Å². The molecule has 0 saturated heterocycles. The molecule has 0 unspecified atom stereocenters. The van der Waals surface area contributed by atoms with Gasteiger partial charge in [0.2, 0.25) is 0 Å². The van der Waals surface area contributed by atoms with Crippen LogP contribution >= 0.6 is 0 Å². The first-order valence-corrected chi connectivity index (χ1v) is 4.38. The summed E-state index contributed by atoms with van der Waals surface area (Å²) >= 11 is 0. The van der Waals surface area contributed by atoms with E-state index in [1.54, 1.807) is 6.92 Å². The number of esters is 1. The second kappa shape index (κ2) is 4.91. The topological polar surface area (TPSA) is 47.7 Å². The zero-order valence-electron chi connectivity index (χ0n) is 8.19. The highest BCUT2D eigenvalue weighted by Gasteiger charge is 2.16. The van der Waals surface area contributed by atoms with Crippen molar-refractivity contribution in [1.82, 2.24) is 0 Å². The summed E-state index contributed by atoms with van der Waals surface area (Å²) in [7, 11) is 0. The predicted octanol–water partition coefficient (Wildman–Crippen LogP) is 1.98. The van der Waals surface area contributed by atoms with Crippen LogP contribution in [0, 0.1) is 6.57 Å². The Morgan fingerprint density at radius 1 is 1.33 bits per heavy atom. The molecule has 0 aromatic heterocycles. The number of carbonyl (C=O) groups is 2. The van der Waals surface area contributed by atoms with Gasteiger partial charge in [-0.3, -0.25) is 4.79 Å². The molecule has 0 radical (unpaired) electrons. The van der Waals surface area contributed by atoms with E-state index in [0.717, 1.165) is 0 Å². The van der Waals surface area contributed by atoms with Crippen molar-refractivity contribution in [2.24, 2.45) is 0 Å². The van der Waals surface area contributed by atoms with E-state index < -0.39 is 11.8 Å². The second-order valence-electron chi connectivity index (χ2n) is 2.71. The third kappa shape index (κ3) is 2.64. The van der Waals surface area contributed by atoms with Gasteiger partial charge in [-0.1, -0.05) is 24.3 Å². The van der Waals surface area contributed by atoms with Gasteiger partial charge in [-0.05, 0) is 6.92 Å². The van der Waals surface area contributed by atoms with Crippen molar-refractivity contribution >= 4 is 17.4 Å². The van der Waals surface area contributed by atoms with Crippen LogP contribution in [0.25, 0.3) is 4.85 Å². The Morgan fingerprint density at radius 3 is 2.40 bits per heavy atom. The lowest BCUT2D eigenvalue weighted by Gasteiger charge is -2.00. The second-order valence-corrected chi connectivity index (χ2v) is 2.71. The van der Waals surface area contributed by atoms with Crippen LogP contribution < -0.4 is 0 Å². The van der Waals surface area contributed by atoms with Crippen LogP contribution in [0.15, 0.2) is 24.3 Å². The van der Waals surface area contributed by atoms with Crippen molar-refractivity contribution < 1.29 is 14.3 Å². The standard InChI is InChI=1S/C11H9NO3/c1-3-15-11(14)10(13)8-4-6-9(12-2)7-5-8/h4-7H,3H2,1H3.